The topological polar surface area (TPSA) is 132 Å². The van der Waals surface area contributed by atoms with Crippen LogP contribution in [0.3, 0.4) is 0 Å². The van der Waals surface area contributed by atoms with E-state index in [1.165, 1.54) is 0 Å². The fraction of sp³-hybridized carbons (Fsp3) is 0.485. The molecule has 0 rings (SSSR count). The van der Waals surface area contributed by atoms with Crippen molar-refractivity contribution in [2.45, 2.75) is 60.2 Å². The molecule has 59 heavy (non-hydrogen) atoms. The Labute approximate surface area is 321 Å². The first-order valence-corrected chi connectivity index (χ1v) is 15.2. The highest BCUT2D eigenvalue weighted by atomic mass is 19.4. The van der Waals surface area contributed by atoms with Crippen molar-refractivity contribution in [1.82, 2.24) is 0 Å². The molecule has 0 amide bonds. The van der Waals surface area contributed by atoms with Gasteiger partial charge in [0.2, 0.25) is 0 Å². The average Bonchev–Trinajstić information content (AvgIpc) is 3.16. The van der Waals surface area contributed by atoms with Crippen LogP contribution in [0.2, 0.25) is 0 Å². The molecule has 0 spiro atoms. The third-order valence-corrected chi connectivity index (χ3v) is 8.04. The van der Waals surface area contributed by atoms with Gasteiger partial charge in [0.05, 0.1) is 11.7 Å². The van der Waals surface area contributed by atoms with E-state index in [-0.39, 0.29) is 30.6 Å². The monoisotopic (exact) mass is 890 g/mol. The Morgan fingerprint density at radius 3 is 0.949 bits per heavy atom. The SMILES string of the molecule is C=COC(=O)CCC(C=C)(COC(=O)C=C)C(F)(F)C(F)(F)C(F)(F)C(F)(F)C(F)(F)C(F)(F)C(F)(F)C(F)(F)C(COC(=O)C=C)(COC(=O)C=C)COC(=O)C=C. The van der Waals surface area contributed by atoms with Crippen LogP contribution in [0.5, 0.6) is 0 Å². The highest BCUT2D eigenvalue weighted by Gasteiger charge is 2.96. The summed E-state index contributed by atoms with van der Waals surface area (Å²) in [5.74, 6) is -76.4. The van der Waals surface area contributed by atoms with Gasteiger partial charge in [-0.05, 0) is 6.42 Å². The van der Waals surface area contributed by atoms with Crippen LogP contribution in [0.4, 0.5) is 70.2 Å². The first-order valence-electron chi connectivity index (χ1n) is 15.2. The second-order valence-corrected chi connectivity index (χ2v) is 11.6. The molecule has 0 saturated heterocycles. The minimum atomic E-state index is -9.02. The van der Waals surface area contributed by atoms with Crippen LogP contribution in [-0.4, -0.2) is 104 Å². The van der Waals surface area contributed by atoms with Gasteiger partial charge in [-0.15, -0.1) is 6.58 Å². The van der Waals surface area contributed by atoms with E-state index in [1.807, 2.05) is 0 Å². The first kappa shape index (κ1) is 53.7. The summed E-state index contributed by atoms with van der Waals surface area (Å²) in [6, 6.07) is 0. The van der Waals surface area contributed by atoms with Gasteiger partial charge in [-0.25, -0.2) is 19.2 Å². The Balaban J connectivity index is 7.97. The van der Waals surface area contributed by atoms with Crippen molar-refractivity contribution in [3.63, 3.8) is 0 Å². The maximum Gasteiger partial charge on any atom is 0.384 e. The fourth-order valence-electron chi connectivity index (χ4n) is 4.38. The van der Waals surface area contributed by atoms with Crippen LogP contribution in [-0.2, 0) is 47.7 Å². The molecule has 0 saturated carbocycles. The lowest BCUT2D eigenvalue weighted by atomic mass is 9.72. The van der Waals surface area contributed by atoms with E-state index in [4.69, 9.17) is 0 Å². The van der Waals surface area contributed by atoms with Crippen molar-refractivity contribution in [1.29, 1.82) is 0 Å². The van der Waals surface area contributed by atoms with Crippen molar-refractivity contribution >= 4 is 29.8 Å². The lowest BCUT2D eigenvalue weighted by Crippen LogP contribution is -2.77. The molecule has 0 fully saturated rings. The first-order chi connectivity index (χ1) is 26.6. The van der Waals surface area contributed by atoms with Crippen LogP contribution in [0.1, 0.15) is 12.8 Å². The molecule has 10 nitrogen and oxygen atoms in total. The molecule has 0 N–H and O–H groups in total. The van der Waals surface area contributed by atoms with Crippen LogP contribution in [0.25, 0.3) is 0 Å². The van der Waals surface area contributed by atoms with Crippen LogP contribution < -0.4 is 0 Å². The minimum Gasteiger partial charge on any atom is -0.461 e. The van der Waals surface area contributed by atoms with Crippen LogP contribution in [0, 0.1) is 10.8 Å². The maximum atomic E-state index is 15.9. The number of rotatable bonds is 26. The zero-order valence-corrected chi connectivity index (χ0v) is 29.6. The van der Waals surface area contributed by atoms with Gasteiger partial charge < -0.3 is 23.7 Å². The lowest BCUT2D eigenvalue weighted by Gasteiger charge is -2.48. The van der Waals surface area contributed by atoms with Crippen molar-refractivity contribution in [2.24, 2.45) is 10.8 Å². The largest absolute Gasteiger partial charge is 0.461 e. The summed E-state index contributed by atoms with van der Waals surface area (Å²) in [6.45, 7) is 6.00. The van der Waals surface area contributed by atoms with Crippen LogP contribution in [0.15, 0.2) is 76.1 Å². The third kappa shape index (κ3) is 9.44. The van der Waals surface area contributed by atoms with Gasteiger partial charge in [-0.1, -0.05) is 39.0 Å². The molecule has 1 atom stereocenters. The number of hydrogen-bond acceptors (Lipinski definition) is 10. The van der Waals surface area contributed by atoms with Crippen molar-refractivity contribution < 1.29 is 118 Å². The third-order valence-electron chi connectivity index (χ3n) is 8.04. The van der Waals surface area contributed by atoms with E-state index in [0.29, 0.717) is 0 Å². The van der Waals surface area contributed by atoms with E-state index in [9.17, 15) is 24.0 Å². The van der Waals surface area contributed by atoms with Crippen molar-refractivity contribution in [3.05, 3.63) is 76.1 Å². The van der Waals surface area contributed by atoms with E-state index in [0.717, 1.165) is 0 Å². The number of carbonyl (C=O) groups is 5. The van der Waals surface area contributed by atoms with Gasteiger partial charge in [0.15, 0.2) is 0 Å². The molecule has 334 valence electrons. The predicted molar refractivity (Wildman–Crippen MR) is 165 cm³/mol. The Morgan fingerprint density at radius 1 is 0.407 bits per heavy atom. The van der Waals surface area contributed by atoms with Crippen molar-refractivity contribution in [3.8, 4) is 0 Å². The molecule has 26 heteroatoms. The number of ether oxygens (including phenoxy) is 5. The Bertz CT molecular complexity index is 1600. The van der Waals surface area contributed by atoms with E-state index >= 15 is 70.2 Å². The Hall–Kier alpha value is -5.33. The summed E-state index contributed by atoms with van der Waals surface area (Å²) in [5.41, 5.74) is -9.38. The molecule has 0 aromatic carbocycles. The number of esters is 5. The molecular weight excluding hydrogens is 860 g/mol. The van der Waals surface area contributed by atoms with Gasteiger partial charge in [0.1, 0.15) is 31.8 Å². The second-order valence-electron chi connectivity index (χ2n) is 11.6. The average molecular weight is 891 g/mol. The number of halogens is 16. The smallest absolute Gasteiger partial charge is 0.384 e. The zero-order chi connectivity index (χ0) is 46.9. The predicted octanol–water partition coefficient (Wildman–Crippen LogP) is 7.61. The Morgan fingerprint density at radius 2 is 0.678 bits per heavy atom. The highest BCUT2D eigenvalue weighted by molar-refractivity contribution is 5.82. The molecule has 0 aliphatic carbocycles. The molecule has 0 aromatic rings. The van der Waals surface area contributed by atoms with E-state index in [1.54, 1.807) is 0 Å². The number of alkyl halides is 16. The summed E-state index contributed by atoms with van der Waals surface area (Å²) in [4.78, 5) is 58.1. The standard InChI is InChI=1S/C33H30F16O10/c1-7-19(50)56-15-24(11-5,14-13-23(54)55-12-6)26(34,35)28(38,39)30(42,43)32(46,47)33(48,49)31(44,45)29(40,41)27(36,37)25(16-57-20(51)8-2,17-58-21(52)9-3)18-59-22(53)10-4/h7-12H,1-6,13-18H2. The zero-order valence-electron chi connectivity index (χ0n) is 29.6. The maximum absolute atomic E-state index is 15.9. The van der Waals surface area contributed by atoms with Gasteiger partial charge in [0.25, 0.3) is 0 Å². The molecular formula is C33H30F16O10. The molecule has 0 aliphatic heterocycles. The molecule has 0 aliphatic rings. The summed E-state index contributed by atoms with van der Waals surface area (Å²) in [7, 11) is 0. The molecule has 0 heterocycles. The number of hydrogen-bond donors (Lipinski definition) is 0. The van der Waals surface area contributed by atoms with Crippen molar-refractivity contribution in [2.75, 3.05) is 26.4 Å². The van der Waals surface area contributed by atoms with Gasteiger partial charge in [-0.2, -0.15) is 70.2 Å². The molecule has 0 aromatic heterocycles. The van der Waals surface area contributed by atoms with Gasteiger partial charge in [-0.3, -0.25) is 4.79 Å². The highest BCUT2D eigenvalue weighted by Crippen LogP contribution is 2.67. The Kier molecular flexibility index (Phi) is 17.0. The van der Waals surface area contributed by atoms with Gasteiger partial charge in [0, 0.05) is 30.7 Å². The van der Waals surface area contributed by atoms with Gasteiger partial charge >= 0.3 is 77.2 Å². The number of carbonyl (C=O) groups excluding carboxylic acids is 5. The normalized spacial score (nSPS) is 14.4. The molecule has 1 unspecified atom stereocenters. The summed E-state index contributed by atoms with van der Waals surface area (Å²) in [6.07, 6.45) is -3.84. The summed E-state index contributed by atoms with van der Waals surface area (Å²) >= 11 is 0. The fourth-order valence-corrected chi connectivity index (χ4v) is 4.38. The quantitative estimate of drug-likeness (QED) is 0.0214. The summed E-state index contributed by atoms with van der Waals surface area (Å²) in [5, 5.41) is 0. The van der Waals surface area contributed by atoms with Crippen LogP contribution >= 0.6 is 0 Å². The minimum absolute atomic E-state index is 0.0331. The van der Waals surface area contributed by atoms with E-state index < -0.39 is 133 Å². The van der Waals surface area contributed by atoms with E-state index in [2.05, 4.69) is 63.2 Å². The molecule has 0 bridgehead atoms. The lowest BCUT2D eigenvalue weighted by molar-refractivity contribution is -0.464. The molecule has 0 radical (unpaired) electrons. The second kappa shape index (κ2) is 18.7. The summed E-state index contributed by atoms with van der Waals surface area (Å²) < 4.78 is 266.